The number of ether oxygens (including phenoxy) is 2. The smallest absolute Gasteiger partial charge is 0.229 e. The molecule has 0 aliphatic heterocycles. The summed E-state index contributed by atoms with van der Waals surface area (Å²) < 4.78 is 23.7. The van der Waals surface area contributed by atoms with E-state index in [4.69, 9.17) is 9.47 Å². The van der Waals surface area contributed by atoms with Gasteiger partial charge in [-0.05, 0) is 48.2 Å². The van der Waals surface area contributed by atoms with Crippen molar-refractivity contribution >= 4 is 22.4 Å². The Morgan fingerprint density at radius 2 is 1.96 bits per heavy atom. The molecule has 1 fully saturated rings. The number of nitrogens with one attached hydrogen (secondary N) is 1. The van der Waals surface area contributed by atoms with Gasteiger partial charge in [-0.3, -0.25) is 4.79 Å². The van der Waals surface area contributed by atoms with Crippen LogP contribution in [0, 0.1) is 11.7 Å². The number of benzene rings is 2. The van der Waals surface area contributed by atoms with Gasteiger partial charge in [0.2, 0.25) is 5.91 Å². The Hall–Kier alpha value is -2.93. The van der Waals surface area contributed by atoms with Gasteiger partial charge in [0.15, 0.2) is 5.13 Å². The number of carbonyl (C=O) groups is 1. The third-order valence-corrected chi connectivity index (χ3v) is 5.60. The first kappa shape index (κ1) is 18.4. The number of thiazole rings is 1. The normalized spacial score (nSPS) is 17.8. The Morgan fingerprint density at radius 3 is 2.68 bits per heavy atom. The van der Waals surface area contributed by atoms with Crippen molar-refractivity contribution in [2.75, 3.05) is 19.5 Å². The second kappa shape index (κ2) is 7.59. The molecule has 1 N–H and O–H groups in total. The monoisotopic (exact) mass is 398 g/mol. The third-order valence-electron chi connectivity index (χ3n) is 4.84. The second-order valence-corrected chi connectivity index (χ2v) is 7.45. The number of hydrogen-bond donors (Lipinski definition) is 1. The molecule has 5 nitrogen and oxygen atoms in total. The second-order valence-electron chi connectivity index (χ2n) is 6.59. The van der Waals surface area contributed by atoms with E-state index in [9.17, 15) is 9.18 Å². The summed E-state index contributed by atoms with van der Waals surface area (Å²) in [6.45, 7) is 0. The van der Waals surface area contributed by atoms with Crippen LogP contribution in [0.1, 0.15) is 17.9 Å². The minimum atomic E-state index is -0.270. The fourth-order valence-corrected chi connectivity index (χ4v) is 3.94. The van der Waals surface area contributed by atoms with Crippen LogP contribution in [0.4, 0.5) is 9.52 Å². The zero-order valence-corrected chi connectivity index (χ0v) is 16.3. The fourth-order valence-electron chi connectivity index (χ4n) is 3.23. The van der Waals surface area contributed by atoms with Crippen LogP contribution in [0.15, 0.2) is 47.8 Å². The van der Waals surface area contributed by atoms with Crippen LogP contribution in [-0.2, 0) is 4.79 Å². The molecule has 3 aromatic rings. The van der Waals surface area contributed by atoms with E-state index in [2.05, 4.69) is 10.3 Å². The van der Waals surface area contributed by atoms with Gasteiger partial charge < -0.3 is 14.8 Å². The van der Waals surface area contributed by atoms with E-state index in [1.807, 2.05) is 23.6 Å². The van der Waals surface area contributed by atoms with E-state index in [0.29, 0.717) is 22.3 Å². The molecule has 2 unspecified atom stereocenters. The summed E-state index contributed by atoms with van der Waals surface area (Å²) in [6, 6.07) is 11.8. The lowest BCUT2D eigenvalue weighted by Crippen LogP contribution is -2.14. The summed E-state index contributed by atoms with van der Waals surface area (Å²) in [7, 11) is 3.20. The van der Waals surface area contributed by atoms with Crippen molar-refractivity contribution in [1.29, 1.82) is 0 Å². The van der Waals surface area contributed by atoms with Crippen LogP contribution in [0.25, 0.3) is 11.3 Å². The molecular weight excluding hydrogens is 379 g/mol. The number of rotatable bonds is 6. The molecule has 0 spiro atoms. The van der Waals surface area contributed by atoms with E-state index >= 15 is 0 Å². The average molecular weight is 398 g/mol. The highest BCUT2D eigenvalue weighted by Gasteiger charge is 2.44. The van der Waals surface area contributed by atoms with Crippen LogP contribution >= 0.6 is 11.3 Å². The van der Waals surface area contributed by atoms with E-state index in [1.54, 1.807) is 26.4 Å². The Bertz CT molecular complexity index is 1000. The van der Waals surface area contributed by atoms with E-state index in [1.165, 1.54) is 23.5 Å². The summed E-state index contributed by atoms with van der Waals surface area (Å²) in [5.41, 5.74) is 2.50. The molecule has 1 amide bonds. The molecule has 28 heavy (non-hydrogen) atoms. The predicted molar refractivity (Wildman–Crippen MR) is 107 cm³/mol. The number of hydrogen-bond acceptors (Lipinski definition) is 5. The number of amides is 1. The highest BCUT2D eigenvalue weighted by atomic mass is 32.1. The molecule has 2 atom stereocenters. The highest BCUT2D eigenvalue weighted by molar-refractivity contribution is 7.14. The average Bonchev–Trinajstić information content (AvgIpc) is 3.39. The summed E-state index contributed by atoms with van der Waals surface area (Å²) >= 11 is 1.36. The molecule has 1 saturated carbocycles. The van der Waals surface area contributed by atoms with Crippen LogP contribution in [0.5, 0.6) is 11.5 Å². The lowest BCUT2D eigenvalue weighted by molar-refractivity contribution is -0.117. The molecule has 1 aliphatic carbocycles. The van der Waals surface area contributed by atoms with Crippen molar-refractivity contribution in [3.63, 3.8) is 0 Å². The number of aromatic nitrogens is 1. The first-order chi connectivity index (χ1) is 13.6. The van der Waals surface area contributed by atoms with Gasteiger partial charge >= 0.3 is 0 Å². The van der Waals surface area contributed by atoms with Crippen molar-refractivity contribution in [1.82, 2.24) is 4.98 Å². The zero-order chi connectivity index (χ0) is 19.7. The maximum Gasteiger partial charge on any atom is 0.229 e. The quantitative estimate of drug-likeness (QED) is 0.653. The van der Waals surface area contributed by atoms with Crippen LogP contribution in [0.3, 0.4) is 0 Å². The summed E-state index contributed by atoms with van der Waals surface area (Å²) in [5, 5.41) is 5.30. The topological polar surface area (TPSA) is 60.5 Å². The number of methoxy groups -OCH3 is 2. The zero-order valence-electron chi connectivity index (χ0n) is 15.4. The van der Waals surface area contributed by atoms with Crippen molar-refractivity contribution in [3.05, 3.63) is 59.2 Å². The molecule has 1 aromatic heterocycles. The predicted octanol–water partition coefficient (Wildman–Crippen LogP) is 4.71. The maximum absolute atomic E-state index is 13.1. The number of halogens is 1. The van der Waals surface area contributed by atoms with E-state index in [-0.39, 0.29) is 23.6 Å². The molecular formula is C21H19FN2O3S. The standard InChI is InChI=1S/C21H19FN2O3S/c1-26-14-7-8-19(27-2)17(9-14)18-11-28-21(23-18)24-20(25)16-10-15(16)12-3-5-13(22)6-4-12/h3-9,11,15-16H,10H2,1-2H3,(H,23,24,25). The molecule has 4 rings (SSSR count). The van der Waals surface area contributed by atoms with Gasteiger partial charge in [-0.1, -0.05) is 12.1 Å². The maximum atomic E-state index is 13.1. The Labute approximate surface area is 166 Å². The SMILES string of the molecule is COc1ccc(OC)c(-c2csc(NC(=O)C3CC3c3ccc(F)cc3)n2)c1. The van der Waals surface area contributed by atoms with Crippen molar-refractivity contribution in [2.45, 2.75) is 12.3 Å². The third kappa shape index (κ3) is 3.71. The lowest BCUT2D eigenvalue weighted by atomic mass is 10.1. The first-order valence-corrected chi connectivity index (χ1v) is 9.71. The van der Waals surface area contributed by atoms with E-state index in [0.717, 1.165) is 17.5 Å². The van der Waals surface area contributed by atoms with Crippen molar-refractivity contribution < 1.29 is 18.7 Å². The number of carbonyl (C=O) groups excluding carboxylic acids is 1. The fraction of sp³-hybridized carbons (Fsp3) is 0.238. The van der Waals surface area contributed by atoms with Gasteiger partial charge in [0.05, 0.1) is 19.9 Å². The van der Waals surface area contributed by atoms with Gasteiger partial charge in [-0.2, -0.15) is 0 Å². The van der Waals surface area contributed by atoms with Crippen LogP contribution < -0.4 is 14.8 Å². The molecule has 2 aromatic carbocycles. The minimum Gasteiger partial charge on any atom is -0.497 e. The number of nitrogens with zero attached hydrogens (tertiary/aromatic N) is 1. The molecule has 1 heterocycles. The van der Waals surface area contributed by atoms with Gasteiger partial charge in [0.25, 0.3) is 0 Å². The molecule has 0 radical (unpaired) electrons. The van der Waals surface area contributed by atoms with Gasteiger partial charge in [-0.15, -0.1) is 11.3 Å². The largest absolute Gasteiger partial charge is 0.497 e. The van der Waals surface area contributed by atoms with Gasteiger partial charge in [-0.25, -0.2) is 9.37 Å². The lowest BCUT2D eigenvalue weighted by Gasteiger charge is -2.08. The molecule has 0 bridgehead atoms. The molecule has 144 valence electrons. The van der Waals surface area contributed by atoms with Crippen molar-refractivity contribution in [2.24, 2.45) is 5.92 Å². The van der Waals surface area contributed by atoms with Gasteiger partial charge in [0, 0.05) is 16.9 Å². The van der Waals surface area contributed by atoms with E-state index < -0.39 is 0 Å². The minimum absolute atomic E-state index is 0.0622. The molecule has 1 aliphatic rings. The Kier molecular flexibility index (Phi) is 5.00. The summed E-state index contributed by atoms with van der Waals surface area (Å²) in [5.74, 6) is 1.08. The first-order valence-electron chi connectivity index (χ1n) is 8.83. The summed E-state index contributed by atoms with van der Waals surface area (Å²) in [4.78, 5) is 17.1. The Balaban J connectivity index is 1.46. The van der Waals surface area contributed by atoms with Crippen LogP contribution in [-0.4, -0.2) is 25.1 Å². The summed E-state index contributed by atoms with van der Waals surface area (Å²) in [6.07, 6.45) is 0.763. The van der Waals surface area contributed by atoms with Gasteiger partial charge in [0.1, 0.15) is 17.3 Å². The molecule has 7 heteroatoms. The number of anilines is 1. The van der Waals surface area contributed by atoms with Crippen molar-refractivity contribution in [3.8, 4) is 22.8 Å². The Morgan fingerprint density at radius 1 is 1.18 bits per heavy atom. The molecule has 0 saturated heterocycles. The highest BCUT2D eigenvalue weighted by Crippen LogP contribution is 2.48. The van der Waals surface area contributed by atoms with Crippen LogP contribution in [0.2, 0.25) is 0 Å².